The SMILES string of the molecule is COCCCOc1ccc(CCCNCCC2(O)CCc3cc(OC)c(OC)cc3C2C(C)C)cc1OC. The number of rotatable bonds is 16. The third kappa shape index (κ3) is 7.55. The first-order valence-electron chi connectivity index (χ1n) is 13.8. The second kappa shape index (κ2) is 14.6. The Labute approximate surface area is 228 Å². The number of aliphatic hydroxyl groups is 1. The molecule has 0 bridgehead atoms. The van der Waals surface area contributed by atoms with Gasteiger partial charge in [-0.3, -0.25) is 0 Å². The highest BCUT2D eigenvalue weighted by Crippen LogP contribution is 2.48. The zero-order valence-corrected chi connectivity index (χ0v) is 24.1. The third-order valence-electron chi connectivity index (χ3n) is 7.59. The molecule has 0 aliphatic heterocycles. The van der Waals surface area contributed by atoms with Crippen LogP contribution in [0.1, 0.15) is 62.1 Å². The van der Waals surface area contributed by atoms with E-state index in [9.17, 15) is 5.11 Å². The van der Waals surface area contributed by atoms with E-state index in [1.165, 1.54) is 16.7 Å². The maximum absolute atomic E-state index is 11.8. The first-order chi connectivity index (χ1) is 18.4. The number of hydrogen-bond acceptors (Lipinski definition) is 7. The van der Waals surface area contributed by atoms with Crippen molar-refractivity contribution in [2.75, 3.05) is 54.7 Å². The quantitative estimate of drug-likeness (QED) is 0.291. The van der Waals surface area contributed by atoms with Gasteiger partial charge in [0.25, 0.3) is 0 Å². The van der Waals surface area contributed by atoms with Crippen molar-refractivity contribution < 1.29 is 28.8 Å². The molecule has 7 heteroatoms. The molecule has 3 rings (SSSR count). The Kier molecular flexibility index (Phi) is 11.6. The predicted octanol–water partition coefficient (Wildman–Crippen LogP) is 5.16. The van der Waals surface area contributed by atoms with Crippen LogP contribution in [0, 0.1) is 5.92 Å². The zero-order valence-electron chi connectivity index (χ0n) is 24.1. The molecule has 2 atom stereocenters. The van der Waals surface area contributed by atoms with Crippen molar-refractivity contribution in [1.29, 1.82) is 0 Å². The molecule has 0 saturated carbocycles. The van der Waals surface area contributed by atoms with E-state index < -0.39 is 5.60 Å². The molecule has 0 aromatic heterocycles. The van der Waals surface area contributed by atoms with Crippen molar-refractivity contribution in [3.05, 3.63) is 47.0 Å². The number of ether oxygens (including phenoxy) is 5. The van der Waals surface area contributed by atoms with E-state index in [0.29, 0.717) is 25.6 Å². The van der Waals surface area contributed by atoms with E-state index in [2.05, 4.69) is 43.4 Å². The van der Waals surface area contributed by atoms with Gasteiger partial charge in [-0.15, -0.1) is 0 Å². The fraction of sp³-hybridized carbons (Fsp3) is 0.613. The molecular formula is C31H47NO6. The second-order valence-electron chi connectivity index (χ2n) is 10.5. The lowest BCUT2D eigenvalue weighted by atomic mass is 9.66. The average Bonchev–Trinajstić information content (AvgIpc) is 2.92. The normalized spacial score (nSPS) is 18.8. The molecule has 0 heterocycles. The Hall–Kier alpha value is -2.48. The largest absolute Gasteiger partial charge is 0.493 e. The van der Waals surface area contributed by atoms with Crippen LogP contribution < -0.4 is 24.3 Å². The van der Waals surface area contributed by atoms with Crippen molar-refractivity contribution in [1.82, 2.24) is 5.32 Å². The van der Waals surface area contributed by atoms with Crippen molar-refractivity contribution in [3.63, 3.8) is 0 Å². The monoisotopic (exact) mass is 529 g/mol. The van der Waals surface area contributed by atoms with Crippen LogP contribution >= 0.6 is 0 Å². The first-order valence-corrected chi connectivity index (χ1v) is 13.8. The Morgan fingerprint density at radius 1 is 0.895 bits per heavy atom. The Morgan fingerprint density at radius 2 is 1.61 bits per heavy atom. The van der Waals surface area contributed by atoms with Crippen molar-refractivity contribution in [2.45, 2.75) is 63.9 Å². The molecular weight excluding hydrogens is 482 g/mol. The number of nitrogens with one attached hydrogen (secondary N) is 1. The average molecular weight is 530 g/mol. The van der Waals surface area contributed by atoms with Crippen LogP contribution in [-0.2, 0) is 17.6 Å². The summed E-state index contributed by atoms with van der Waals surface area (Å²) in [6, 6.07) is 10.3. The van der Waals surface area contributed by atoms with Crippen LogP contribution in [0.5, 0.6) is 23.0 Å². The van der Waals surface area contributed by atoms with Gasteiger partial charge < -0.3 is 34.1 Å². The minimum absolute atomic E-state index is 0.0514. The molecule has 0 saturated heterocycles. The summed E-state index contributed by atoms with van der Waals surface area (Å²) >= 11 is 0. The molecule has 1 aliphatic carbocycles. The van der Waals surface area contributed by atoms with E-state index in [4.69, 9.17) is 23.7 Å². The minimum Gasteiger partial charge on any atom is -0.493 e. The van der Waals surface area contributed by atoms with Gasteiger partial charge in [0.15, 0.2) is 23.0 Å². The summed E-state index contributed by atoms with van der Waals surface area (Å²) in [7, 11) is 6.70. The Bertz CT molecular complexity index is 1010. The summed E-state index contributed by atoms with van der Waals surface area (Å²) in [6.07, 6.45) is 5.09. The lowest BCUT2D eigenvalue weighted by Gasteiger charge is -2.44. The number of fused-ring (bicyclic) bond motifs is 1. The molecule has 0 fully saturated rings. The molecule has 2 aromatic rings. The topological polar surface area (TPSA) is 78.4 Å². The van der Waals surface area contributed by atoms with Crippen molar-refractivity contribution >= 4 is 0 Å². The summed E-state index contributed by atoms with van der Waals surface area (Å²) in [4.78, 5) is 0. The predicted molar refractivity (Wildman–Crippen MR) is 151 cm³/mol. The van der Waals surface area contributed by atoms with Crippen LogP contribution in [0.4, 0.5) is 0 Å². The Balaban J connectivity index is 1.51. The van der Waals surface area contributed by atoms with E-state index in [1.54, 1.807) is 28.4 Å². The van der Waals surface area contributed by atoms with E-state index in [0.717, 1.165) is 68.2 Å². The van der Waals surface area contributed by atoms with Gasteiger partial charge in [-0.05, 0) is 92.1 Å². The van der Waals surface area contributed by atoms with Gasteiger partial charge in [-0.1, -0.05) is 19.9 Å². The maximum atomic E-state index is 11.8. The molecule has 0 radical (unpaired) electrons. The lowest BCUT2D eigenvalue weighted by Crippen LogP contribution is -2.45. The molecule has 212 valence electrons. The standard InChI is InChI=1S/C31H47NO6/c1-22(2)30-25-21-29(37-6)28(36-5)20-24(25)12-13-31(30,33)14-16-32-15-7-9-23-10-11-26(27(19-23)35-4)38-18-8-17-34-3/h10-11,19-22,30,32-33H,7-9,12-18H2,1-6H3. The van der Waals surface area contributed by atoms with Crippen LogP contribution in [0.3, 0.4) is 0 Å². The molecule has 2 aromatic carbocycles. The summed E-state index contributed by atoms with van der Waals surface area (Å²) < 4.78 is 27.5. The second-order valence-corrected chi connectivity index (χ2v) is 10.5. The molecule has 0 amide bonds. The highest BCUT2D eigenvalue weighted by atomic mass is 16.5. The smallest absolute Gasteiger partial charge is 0.161 e. The van der Waals surface area contributed by atoms with Crippen molar-refractivity contribution in [2.24, 2.45) is 5.92 Å². The number of methoxy groups -OCH3 is 4. The van der Waals surface area contributed by atoms with Crippen molar-refractivity contribution in [3.8, 4) is 23.0 Å². The fourth-order valence-electron chi connectivity index (χ4n) is 5.72. The molecule has 2 N–H and O–H groups in total. The molecule has 0 spiro atoms. The maximum Gasteiger partial charge on any atom is 0.161 e. The highest BCUT2D eigenvalue weighted by molar-refractivity contribution is 5.50. The van der Waals surface area contributed by atoms with Gasteiger partial charge in [-0.2, -0.15) is 0 Å². The Morgan fingerprint density at radius 3 is 2.29 bits per heavy atom. The number of aryl methyl sites for hydroxylation is 2. The summed E-state index contributed by atoms with van der Waals surface area (Å²) in [6.45, 7) is 7.34. The molecule has 38 heavy (non-hydrogen) atoms. The van der Waals surface area contributed by atoms with Gasteiger partial charge >= 0.3 is 0 Å². The summed E-state index contributed by atoms with van der Waals surface area (Å²) in [5.74, 6) is 3.36. The van der Waals surface area contributed by atoms with Gasteiger partial charge in [0.1, 0.15) is 0 Å². The van der Waals surface area contributed by atoms with Gasteiger partial charge in [0.05, 0.1) is 33.5 Å². The minimum atomic E-state index is -0.750. The number of benzene rings is 2. The zero-order chi connectivity index (χ0) is 27.5. The molecule has 7 nitrogen and oxygen atoms in total. The van der Waals surface area contributed by atoms with E-state index in [-0.39, 0.29) is 5.92 Å². The molecule has 1 aliphatic rings. The highest BCUT2D eigenvalue weighted by Gasteiger charge is 2.43. The number of hydrogen-bond donors (Lipinski definition) is 2. The van der Waals surface area contributed by atoms with Gasteiger partial charge in [0, 0.05) is 26.1 Å². The lowest BCUT2D eigenvalue weighted by molar-refractivity contribution is -0.0241. The summed E-state index contributed by atoms with van der Waals surface area (Å²) in [5.41, 5.74) is 2.91. The van der Waals surface area contributed by atoms with Crippen LogP contribution in [0.15, 0.2) is 30.3 Å². The van der Waals surface area contributed by atoms with E-state index in [1.807, 2.05) is 6.07 Å². The summed E-state index contributed by atoms with van der Waals surface area (Å²) in [5, 5.41) is 15.4. The third-order valence-corrected chi connectivity index (χ3v) is 7.59. The van der Waals surface area contributed by atoms with Crippen LogP contribution in [-0.4, -0.2) is 65.5 Å². The van der Waals surface area contributed by atoms with E-state index >= 15 is 0 Å². The van der Waals surface area contributed by atoms with Gasteiger partial charge in [-0.25, -0.2) is 0 Å². The first kappa shape index (κ1) is 30.1. The van der Waals surface area contributed by atoms with Crippen LogP contribution in [0.25, 0.3) is 0 Å². The van der Waals surface area contributed by atoms with Crippen LogP contribution in [0.2, 0.25) is 0 Å². The van der Waals surface area contributed by atoms with Gasteiger partial charge in [0.2, 0.25) is 0 Å². The fourth-order valence-corrected chi connectivity index (χ4v) is 5.72. The molecule has 2 unspecified atom stereocenters.